The molecule has 1 fully saturated rings. The van der Waals surface area contributed by atoms with Gasteiger partial charge < -0.3 is 16.0 Å². The molecule has 5 heteroatoms. The Morgan fingerprint density at radius 3 is 3.06 bits per heavy atom. The van der Waals surface area contributed by atoms with E-state index in [4.69, 9.17) is 5.73 Å². The van der Waals surface area contributed by atoms with Crippen LogP contribution < -0.4 is 11.1 Å². The number of carbonyl (C=O) groups excluding carboxylic acids is 1. The van der Waals surface area contributed by atoms with Gasteiger partial charge in [-0.1, -0.05) is 19.3 Å². The van der Waals surface area contributed by atoms with Gasteiger partial charge in [-0.15, -0.1) is 0 Å². The van der Waals surface area contributed by atoms with Crippen molar-refractivity contribution in [1.82, 2.24) is 15.3 Å². The van der Waals surface area contributed by atoms with Crippen molar-refractivity contribution >= 4 is 5.91 Å². The lowest BCUT2D eigenvalue weighted by molar-refractivity contribution is -0.125. The highest BCUT2D eigenvalue weighted by Crippen LogP contribution is 2.22. The van der Waals surface area contributed by atoms with Crippen LogP contribution in [-0.2, 0) is 11.2 Å². The topological polar surface area (TPSA) is 83.8 Å². The van der Waals surface area contributed by atoms with E-state index in [2.05, 4.69) is 15.3 Å². The van der Waals surface area contributed by atoms with Crippen LogP contribution in [0.15, 0.2) is 12.5 Å². The molecule has 1 amide bonds. The van der Waals surface area contributed by atoms with Gasteiger partial charge in [0.2, 0.25) is 5.91 Å². The third kappa shape index (κ3) is 3.57. The average Bonchev–Trinajstić information content (AvgIpc) is 2.77. The van der Waals surface area contributed by atoms with Crippen LogP contribution in [0.25, 0.3) is 0 Å². The molecular weight excluding hydrogens is 228 g/mol. The SMILES string of the molecule is NC1CCCCCC1C(=O)NCCc1cnc[nH]1. The van der Waals surface area contributed by atoms with Gasteiger partial charge in [0.05, 0.1) is 12.2 Å². The van der Waals surface area contributed by atoms with E-state index in [1.54, 1.807) is 12.5 Å². The number of aromatic nitrogens is 2. The predicted molar refractivity (Wildman–Crippen MR) is 69.9 cm³/mol. The summed E-state index contributed by atoms with van der Waals surface area (Å²) in [4.78, 5) is 19.0. The summed E-state index contributed by atoms with van der Waals surface area (Å²) in [5.74, 6) is 0.109. The van der Waals surface area contributed by atoms with Crippen LogP contribution in [-0.4, -0.2) is 28.5 Å². The van der Waals surface area contributed by atoms with Crippen LogP contribution in [0.2, 0.25) is 0 Å². The maximum Gasteiger partial charge on any atom is 0.224 e. The van der Waals surface area contributed by atoms with Gasteiger partial charge in [-0.25, -0.2) is 4.98 Å². The van der Waals surface area contributed by atoms with Crippen molar-refractivity contribution in [2.24, 2.45) is 11.7 Å². The van der Waals surface area contributed by atoms with Crippen LogP contribution in [0.5, 0.6) is 0 Å². The van der Waals surface area contributed by atoms with Crippen molar-refractivity contribution in [3.05, 3.63) is 18.2 Å². The summed E-state index contributed by atoms with van der Waals surface area (Å²) in [7, 11) is 0. The molecule has 0 saturated heterocycles. The van der Waals surface area contributed by atoms with E-state index in [-0.39, 0.29) is 17.9 Å². The Morgan fingerprint density at radius 2 is 2.28 bits per heavy atom. The number of nitrogens with zero attached hydrogens (tertiary/aromatic N) is 1. The summed E-state index contributed by atoms with van der Waals surface area (Å²) in [6.07, 6.45) is 9.59. The van der Waals surface area contributed by atoms with Gasteiger partial charge in [0.15, 0.2) is 0 Å². The fraction of sp³-hybridized carbons (Fsp3) is 0.692. The molecule has 2 rings (SSSR count). The second-order valence-electron chi connectivity index (χ2n) is 5.03. The summed E-state index contributed by atoms with van der Waals surface area (Å²) in [6.45, 7) is 0.643. The number of aromatic amines is 1. The number of amides is 1. The second kappa shape index (κ2) is 6.54. The normalized spacial score (nSPS) is 24.5. The van der Waals surface area contributed by atoms with Crippen molar-refractivity contribution in [3.63, 3.8) is 0 Å². The zero-order chi connectivity index (χ0) is 12.8. The Morgan fingerprint density at radius 1 is 1.44 bits per heavy atom. The molecule has 0 aliphatic heterocycles. The number of imidazole rings is 1. The highest BCUT2D eigenvalue weighted by Gasteiger charge is 2.26. The summed E-state index contributed by atoms with van der Waals surface area (Å²) in [5, 5.41) is 2.98. The van der Waals surface area contributed by atoms with E-state index in [0.717, 1.165) is 37.8 Å². The largest absolute Gasteiger partial charge is 0.355 e. The van der Waals surface area contributed by atoms with Gasteiger partial charge in [-0.2, -0.15) is 0 Å². The molecule has 5 nitrogen and oxygen atoms in total. The number of rotatable bonds is 4. The Bertz CT molecular complexity index is 363. The minimum absolute atomic E-state index is 0.00531. The predicted octanol–water partition coefficient (Wildman–Crippen LogP) is 0.976. The Labute approximate surface area is 108 Å². The number of hydrogen-bond acceptors (Lipinski definition) is 3. The standard InChI is InChI=1S/C13H22N4O/c14-12-5-3-1-2-4-11(12)13(18)16-7-6-10-8-15-9-17-10/h8-9,11-12H,1-7,14H2,(H,15,17)(H,16,18). The van der Waals surface area contributed by atoms with Gasteiger partial charge in [-0.3, -0.25) is 4.79 Å². The first-order chi connectivity index (χ1) is 8.77. The van der Waals surface area contributed by atoms with Crippen molar-refractivity contribution in [3.8, 4) is 0 Å². The molecule has 1 aliphatic carbocycles. The zero-order valence-electron chi connectivity index (χ0n) is 10.7. The summed E-state index contributed by atoms with van der Waals surface area (Å²) in [5.41, 5.74) is 7.11. The Hall–Kier alpha value is -1.36. The monoisotopic (exact) mass is 250 g/mol. The van der Waals surface area contributed by atoms with E-state index in [1.807, 2.05) is 0 Å². The van der Waals surface area contributed by atoms with Crippen LogP contribution in [0.4, 0.5) is 0 Å². The van der Waals surface area contributed by atoms with Gasteiger partial charge in [-0.05, 0) is 12.8 Å². The summed E-state index contributed by atoms with van der Waals surface area (Å²) in [6, 6.07) is 0.0275. The highest BCUT2D eigenvalue weighted by molar-refractivity contribution is 5.79. The number of H-pyrrole nitrogens is 1. The first-order valence-corrected chi connectivity index (χ1v) is 6.78. The third-order valence-corrected chi connectivity index (χ3v) is 3.65. The average molecular weight is 250 g/mol. The molecular formula is C13H22N4O. The second-order valence-corrected chi connectivity index (χ2v) is 5.03. The molecule has 1 aromatic rings. The lowest BCUT2D eigenvalue weighted by Crippen LogP contribution is -2.41. The van der Waals surface area contributed by atoms with Crippen molar-refractivity contribution < 1.29 is 4.79 Å². The first kappa shape index (κ1) is 13.1. The van der Waals surface area contributed by atoms with Gasteiger partial charge >= 0.3 is 0 Å². The highest BCUT2D eigenvalue weighted by atomic mass is 16.1. The Balaban J connectivity index is 1.76. The number of nitrogens with two attached hydrogens (primary N) is 1. The van der Waals surface area contributed by atoms with Crippen LogP contribution in [0.3, 0.4) is 0 Å². The number of hydrogen-bond donors (Lipinski definition) is 3. The lowest BCUT2D eigenvalue weighted by atomic mass is 9.94. The fourth-order valence-corrected chi connectivity index (χ4v) is 2.53. The van der Waals surface area contributed by atoms with Crippen molar-refractivity contribution in [2.45, 2.75) is 44.6 Å². The van der Waals surface area contributed by atoms with E-state index < -0.39 is 0 Å². The van der Waals surface area contributed by atoms with Crippen molar-refractivity contribution in [1.29, 1.82) is 0 Å². The number of nitrogens with one attached hydrogen (secondary N) is 2. The molecule has 1 saturated carbocycles. The summed E-state index contributed by atoms with van der Waals surface area (Å²) >= 11 is 0. The molecule has 1 aliphatic rings. The van der Waals surface area contributed by atoms with E-state index in [1.165, 1.54) is 6.42 Å². The molecule has 4 N–H and O–H groups in total. The minimum atomic E-state index is -0.00531. The van der Waals surface area contributed by atoms with Gasteiger partial charge in [0.25, 0.3) is 0 Å². The lowest BCUT2D eigenvalue weighted by Gasteiger charge is -2.20. The Kier molecular flexibility index (Phi) is 4.75. The molecule has 0 radical (unpaired) electrons. The van der Waals surface area contributed by atoms with Gasteiger partial charge in [0, 0.05) is 30.9 Å². The third-order valence-electron chi connectivity index (χ3n) is 3.65. The first-order valence-electron chi connectivity index (χ1n) is 6.78. The maximum atomic E-state index is 12.1. The number of carbonyl (C=O) groups is 1. The zero-order valence-corrected chi connectivity index (χ0v) is 10.7. The minimum Gasteiger partial charge on any atom is -0.355 e. The fourth-order valence-electron chi connectivity index (χ4n) is 2.53. The molecule has 1 aromatic heterocycles. The molecule has 100 valence electrons. The van der Waals surface area contributed by atoms with E-state index in [0.29, 0.717) is 6.54 Å². The van der Waals surface area contributed by atoms with Crippen LogP contribution in [0, 0.1) is 5.92 Å². The molecule has 0 aromatic carbocycles. The molecule has 2 unspecified atom stereocenters. The van der Waals surface area contributed by atoms with E-state index >= 15 is 0 Å². The smallest absolute Gasteiger partial charge is 0.224 e. The molecule has 0 spiro atoms. The van der Waals surface area contributed by atoms with Crippen LogP contribution >= 0.6 is 0 Å². The molecule has 18 heavy (non-hydrogen) atoms. The molecule has 0 bridgehead atoms. The van der Waals surface area contributed by atoms with Crippen LogP contribution in [0.1, 0.15) is 37.8 Å². The van der Waals surface area contributed by atoms with Crippen molar-refractivity contribution in [2.75, 3.05) is 6.54 Å². The van der Waals surface area contributed by atoms with Gasteiger partial charge in [0.1, 0.15) is 0 Å². The summed E-state index contributed by atoms with van der Waals surface area (Å²) < 4.78 is 0. The quantitative estimate of drug-likeness (QED) is 0.696. The molecule has 1 heterocycles. The maximum absolute atomic E-state index is 12.1. The van der Waals surface area contributed by atoms with E-state index in [9.17, 15) is 4.79 Å². The molecule has 2 atom stereocenters.